The molecule has 0 spiro atoms. The second-order valence-corrected chi connectivity index (χ2v) is 4.91. The van der Waals surface area contributed by atoms with Crippen molar-refractivity contribution in [2.75, 3.05) is 6.26 Å². The first-order chi connectivity index (χ1) is 6.93. The molecule has 0 aromatic heterocycles. The van der Waals surface area contributed by atoms with Gasteiger partial charge < -0.3 is 5.73 Å². The van der Waals surface area contributed by atoms with Gasteiger partial charge in [-0.3, -0.25) is 0 Å². The van der Waals surface area contributed by atoms with Gasteiger partial charge >= 0.3 is 0 Å². The lowest BCUT2D eigenvalue weighted by Crippen LogP contribution is -2.06. The molecule has 5 nitrogen and oxygen atoms in total. The number of hydrogen-bond donors (Lipinski definition) is 1. The maximum absolute atomic E-state index is 11.1. The molecule has 0 atom stereocenters. The average Bonchev–Trinajstić information content (AvgIpc) is 2.17. The van der Waals surface area contributed by atoms with Crippen LogP contribution in [0.15, 0.2) is 39.1 Å². The van der Waals surface area contributed by atoms with Gasteiger partial charge in [0, 0.05) is 6.26 Å². The highest BCUT2D eigenvalue weighted by molar-refractivity contribution is 7.90. The number of aliphatic imine (C=N–C) groups is 2. The lowest BCUT2D eigenvalue weighted by molar-refractivity contribution is 0.602. The summed E-state index contributed by atoms with van der Waals surface area (Å²) in [5, 5.41) is 0. The van der Waals surface area contributed by atoms with Gasteiger partial charge in [0.05, 0.1) is 10.6 Å². The quantitative estimate of drug-likeness (QED) is 0.595. The van der Waals surface area contributed by atoms with Gasteiger partial charge in [-0.05, 0) is 31.0 Å². The van der Waals surface area contributed by atoms with Crippen LogP contribution in [-0.4, -0.2) is 27.4 Å². The van der Waals surface area contributed by atoms with Gasteiger partial charge in [0.1, 0.15) is 0 Å². The molecule has 0 aliphatic heterocycles. The molecule has 0 bridgehead atoms. The van der Waals surface area contributed by atoms with E-state index in [9.17, 15) is 8.42 Å². The van der Waals surface area contributed by atoms with E-state index in [0.29, 0.717) is 5.69 Å². The molecule has 0 aliphatic carbocycles. The standard InChI is InChI=1S/C9H11N3O2S/c1-11-9(10)12-7-3-5-8(6-4-7)15(2,13)14/h3-6H,1H2,2H3,(H2,10,12). The molecule has 0 unspecified atom stereocenters. The third kappa shape index (κ3) is 3.17. The minimum atomic E-state index is -3.17. The van der Waals surface area contributed by atoms with Crippen LogP contribution in [0.3, 0.4) is 0 Å². The smallest absolute Gasteiger partial charge is 0.219 e. The second-order valence-electron chi connectivity index (χ2n) is 2.89. The summed E-state index contributed by atoms with van der Waals surface area (Å²) in [6, 6.07) is 6.03. The van der Waals surface area contributed by atoms with Gasteiger partial charge in [-0.1, -0.05) is 0 Å². The molecule has 1 aromatic rings. The Morgan fingerprint density at radius 3 is 2.27 bits per heavy atom. The molecule has 15 heavy (non-hydrogen) atoms. The van der Waals surface area contributed by atoms with Crippen LogP contribution in [-0.2, 0) is 9.84 Å². The number of sulfone groups is 1. The third-order valence-electron chi connectivity index (χ3n) is 1.67. The number of hydrogen-bond acceptors (Lipinski definition) is 3. The Kier molecular flexibility index (Phi) is 3.21. The van der Waals surface area contributed by atoms with Gasteiger partial charge in [0.2, 0.25) is 5.96 Å². The minimum absolute atomic E-state index is 0.0436. The van der Waals surface area contributed by atoms with Crippen molar-refractivity contribution in [3.05, 3.63) is 24.3 Å². The minimum Gasteiger partial charge on any atom is -0.368 e. The molecule has 0 saturated heterocycles. The molecular weight excluding hydrogens is 214 g/mol. The lowest BCUT2D eigenvalue weighted by Gasteiger charge is -1.98. The molecule has 0 fully saturated rings. The molecular formula is C9H11N3O2S. The summed E-state index contributed by atoms with van der Waals surface area (Å²) in [7, 11) is -3.17. The highest BCUT2D eigenvalue weighted by Crippen LogP contribution is 2.16. The SMILES string of the molecule is C=NC(N)=Nc1ccc(S(C)(=O)=O)cc1. The van der Waals surface area contributed by atoms with Crippen LogP contribution in [0.1, 0.15) is 0 Å². The summed E-state index contributed by atoms with van der Waals surface area (Å²) in [5.41, 5.74) is 5.87. The summed E-state index contributed by atoms with van der Waals surface area (Å²) in [6.45, 7) is 3.21. The number of nitrogens with two attached hydrogens (primary N) is 1. The van der Waals surface area contributed by atoms with Crippen LogP contribution in [0.25, 0.3) is 0 Å². The first-order valence-corrected chi connectivity index (χ1v) is 5.93. The first kappa shape index (κ1) is 11.4. The van der Waals surface area contributed by atoms with E-state index in [2.05, 4.69) is 16.7 Å². The summed E-state index contributed by atoms with van der Waals surface area (Å²) < 4.78 is 22.3. The molecule has 2 N–H and O–H groups in total. The van der Waals surface area contributed by atoms with E-state index >= 15 is 0 Å². The van der Waals surface area contributed by atoms with Crippen LogP contribution >= 0.6 is 0 Å². The van der Waals surface area contributed by atoms with Crippen LogP contribution < -0.4 is 5.73 Å². The summed E-state index contributed by atoms with van der Waals surface area (Å²) in [5.74, 6) is 0.0436. The van der Waals surface area contributed by atoms with E-state index in [1.165, 1.54) is 12.1 Å². The lowest BCUT2D eigenvalue weighted by atomic mass is 10.3. The fraction of sp³-hybridized carbons (Fsp3) is 0.111. The van der Waals surface area contributed by atoms with E-state index in [1.54, 1.807) is 12.1 Å². The highest BCUT2D eigenvalue weighted by atomic mass is 32.2. The van der Waals surface area contributed by atoms with E-state index in [1.807, 2.05) is 0 Å². The molecule has 0 amide bonds. The average molecular weight is 225 g/mol. The van der Waals surface area contributed by atoms with Gasteiger partial charge in [0.15, 0.2) is 9.84 Å². The van der Waals surface area contributed by atoms with Crippen LogP contribution in [0.5, 0.6) is 0 Å². The van der Waals surface area contributed by atoms with Gasteiger partial charge in [-0.2, -0.15) is 0 Å². The predicted octanol–water partition coefficient (Wildman–Crippen LogP) is 0.737. The van der Waals surface area contributed by atoms with Crippen molar-refractivity contribution in [1.82, 2.24) is 0 Å². The maximum Gasteiger partial charge on any atom is 0.219 e. The maximum atomic E-state index is 11.1. The summed E-state index contributed by atoms with van der Waals surface area (Å²) in [4.78, 5) is 7.53. The molecule has 1 rings (SSSR count). The van der Waals surface area contributed by atoms with Crippen molar-refractivity contribution in [3.63, 3.8) is 0 Å². The van der Waals surface area contributed by atoms with Crippen LogP contribution in [0.4, 0.5) is 5.69 Å². The van der Waals surface area contributed by atoms with Crippen molar-refractivity contribution in [2.24, 2.45) is 15.7 Å². The van der Waals surface area contributed by atoms with Crippen molar-refractivity contribution >= 4 is 28.2 Å². The van der Waals surface area contributed by atoms with Gasteiger partial charge in [-0.15, -0.1) is 0 Å². The monoisotopic (exact) mass is 225 g/mol. The topological polar surface area (TPSA) is 84.9 Å². The van der Waals surface area contributed by atoms with Crippen LogP contribution in [0, 0.1) is 0 Å². The zero-order valence-electron chi connectivity index (χ0n) is 8.21. The highest BCUT2D eigenvalue weighted by Gasteiger charge is 2.05. The molecule has 1 aromatic carbocycles. The van der Waals surface area contributed by atoms with Crippen molar-refractivity contribution in [1.29, 1.82) is 0 Å². The largest absolute Gasteiger partial charge is 0.368 e. The molecule has 0 aliphatic rings. The normalized spacial score (nSPS) is 12.5. The molecule has 80 valence electrons. The van der Waals surface area contributed by atoms with Crippen molar-refractivity contribution < 1.29 is 8.42 Å². The Morgan fingerprint density at radius 2 is 1.87 bits per heavy atom. The van der Waals surface area contributed by atoms with E-state index < -0.39 is 9.84 Å². The van der Waals surface area contributed by atoms with E-state index in [-0.39, 0.29) is 10.9 Å². The Hall–Kier alpha value is -1.69. The Morgan fingerprint density at radius 1 is 1.33 bits per heavy atom. The van der Waals surface area contributed by atoms with Crippen molar-refractivity contribution in [2.45, 2.75) is 4.90 Å². The Labute approximate surface area is 88.3 Å². The zero-order chi connectivity index (χ0) is 11.5. The summed E-state index contributed by atoms with van der Waals surface area (Å²) >= 11 is 0. The molecule has 0 heterocycles. The first-order valence-electron chi connectivity index (χ1n) is 4.04. The Balaban J connectivity index is 3.06. The summed E-state index contributed by atoms with van der Waals surface area (Å²) in [6.07, 6.45) is 1.14. The number of rotatable bonds is 2. The fourth-order valence-electron chi connectivity index (χ4n) is 0.935. The fourth-order valence-corrected chi connectivity index (χ4v) is 1.57. The zero-order valence-corrected chi connectivity index (χ0v) is 9.03. The molecule has 6 heteroatoms. The second kappa shape index (κ2) is 4.22. The molecule has 0 saturated carbocycles. The third-order valence-corrected chi connectivity index (χ3v) is 2.80. The van der Waals surface area contributed by atoms with E-state index in [4.69, 9.17) is 5.73 Å². The van der Waals surface area contributed by atoms with Gasteiger partial charge in [0.25, 0.3) is 0 Å². The number of guanidine groups is 1. The van der Waals surface area contributed by atoms with Crippen LogP contribution in [0.2, 0.25) is 0 Å². The molecule has 0 radical (unpaired) electrons. The van der Waals surface area contributed by atoms with E-state index in [0.717, 1.165) is 6.26 Å². The van der Waals surface area contributed by atoms with Gasteiger partial charge in [-0.25, -0.2) is 18.4 Å². The van der Waals surface area contributed by atoms with Crippen molar-refractivity contribution in [3.8, 4) is 0 Å². The number of nitrogens with zero attached hydrogens (tertiary/aromatic N) is 2. The predicted molar refractivity (Wildman–Crippen MR) is 60.4 cm³/mol. The Bertz CT molecular complexity index is 489. The number of benzene rings is 1.